The summed E-state index contributed by atoms with van der Waals surface area (Å²) >= 11 is 3.34. The predicted molar refractivity (Wildman–Crippen MR) is 87.1 cm³/mol. The number of likely N-dealkylation sites (N-methyl/N-ethyl adjacent to an activating group) is 1. The molecular formula is C13H24BrN4O2Y-. The van der Waals surface area contributed by atoms with E-state index in [0.717, 1.165) is 5.69 Å². The zero-order valence-corrected chi connectivity index (χ0v) is 17.4. The molecule has 21 heavy (non-hydrogen) atoms. The molecule has 0 saturated carbocycles. The molecule has 1 aromatic heterocycles. The molecule has 1 unspecified atom stereocenters. The van der Waals surface area contributed by atoms with Crippen LogP contribution in [0.5, 0.6) is 0 Å². The first-order chi connectivity index (χ1) is 9.42. The summed E-state index contributed by atoms with van der Waals surface area (Å²) in [7, 11) is 3.43. The number of ether oxygens (including phenoxy) is 1. The van der Waals surface area contributed by atoms with Gasteiger partial charge in [-0.05, 0) is 35.8 Å². The van der Waals surface area contributed by atoms with Crippen LogP contribution in [0.15, 0.2) is 16.9 Å². The maximum atomic E-state index is 8.06. The third-order valence-corrected chi connectivity index (χ3v) is 2.76. The number of rotatable bonds is 6. The van der Waals surface area contributed by atoms with Crippen molar-refractivity contribution >= 4 is 27.3 Å². The number of aromatic nitrogens is 1. The number of hydrogen-bond donors (Lipinski definition) is 3. The van der Waals surface area contributed by atoms with E-state index >= 15 is 0 Å². The third kappa shape index (κ3) is 11.4. The maximum Gasteiger partial charge on any atom is 0.131 e. The van der Waals surface area contributed by atoms with Gasteiger partial charge in [0.2, 0.25) is 0 Å². The largest absolute Gasteiger partial charge is 0.663 e. The number of nitrogens with two attached hydrogens (primary N) is 1. The number of nitrogen functional groups attached to an aromatic ring is 1. The quantitative estimate of drug-likeness (QED) is 0.594. The van der Waals surface area contributed by atoms with Gasteiger partial charge in [-0.1, -0.05) is 0 Å². The summed E-state index contributed by atoms with van der Waals surface area (Å²) in [4.78, 5) is 4.10. The summed E-state index contributed by atoms with van der Waals surface area (Å²) in [6.07, 6.45) is 1.52. The number of halogens is 1. The summed E-state index contributed by atoms with van der Waals surface area (Å²) in [5.41, 5.74) is 7.28. The summed E-state index contributed by atoms with van der Waals surface area (Å²) in [5, 5.41) is 15.3. The Morgan fingerprint density at radius 3 is 2.52 bits per heavy atom. The zero-order chi connectivity index (χ0) is 15.5. The Balaban J connectivity index is 0. The number of hydrogen-bond acceptors (Lipinski definition) is 5. The average Bonchev–Trinajstić information content (AvgIpc) is 2.36. The van der Waals surface area contributed by atoms with Crippen molar-refractivity contribution in [1.29, 1.82) is 0 Å². The first-order valence-electron chi connectivity index (χ1n) is 6.32. The Bertz CT molecular complexity index is 360. The second-order valence-electron chi connectivity index (χ2n) is 4.40. The molecule has 1 heterocycles. The minimum atomic E-state index is -0.167. The van der Waals surface area contributed by atoms with E-state index in [0.29, 0.717) is 23.4 Å². The predicted octanol–water partition coefficient (Wildman–Crippen LogP) is 2.24. The fourth-order valence-electron chi connectivity index (χ4n) is 1.27. The van der Waals surface area contributed by atoms with E-state index < -0.39 is 0 Å². The van der Waals surface area contributed by atoms with Crippen molar-refractivity contribution in [2.45, 2.75) is 26.1 Å². The van der Waals surface area contributed by atoms with Crippen LogP contribution in [0.25, 0.3) is 5.32 Å². The minimum absolute atomic E-state index is 0. The number of nitrogens with zero attached hydrogens (tertiary/aromatic N) is 2. The van der Waals surface area contributed by atoms with E-state index in [1.54, 1.807) is 40.3 Å². The normalized spacial score (nSPS) is 11.2. The van der Waals surface area contributed by atoms with Crippen LogP contribution in [0.2, 0.25) is 0 Å². The van der Waals surface area contributed by atoms with E-state index in [1.807, 2.05) is 0 Å². The van der Waals surface area contributed by atoms with Gasteiger partial charge in [-0.25, -0.2) is 4.98 Å². The van der Waals surface area contributed by atoms with Gasteiger partial charge in [0.25, 0.3) is 0 Å². The van der Waals surface area contributed by atoms with Crippen molar-refractivity contribution < 1.29 is 42.6 Å². The van der Waals surface area contributed by atoms with E-state index in [2.05, 4.69) is 31.5 Å². The summed E-state index contributed by atoms with van der Waals surface area (Å²) in [6, 6.07) is 1.75. The molecule has 1 aromatic rings. The molecule has 0 aromatic carbocycles. The van der Waals surface area contributed by atoms with Gasteiger partial charge in [0.05, 0.1) is 17.5 Å². The fourth-order valence-corrected chi connectivity index (χ4v) is 1.75. The first kappa shape index (κ1) is 23.5. The van der Waals surface area contributed by atoms with Crippen molar-refractivity contribution in [1.82, 2.24) is 4.98 Å². The van der Waals surface area contributed by atoms with Crippen molar-refractivity contribution in [3.8, 4) is 0 Å². The second kappa shape index (κ2) is 13.8. The van der Waals surface area contributed by atoms with Crippen LogP contribution in [0.1, 0.15) is 13.8 Å². The molecule has 119 valence electrons. The standard InChI is InChI=1S/C10H16BrN4O.C3H8O.Y/c1-13-5-7(16-2)6-15-9-8(12)3-4-14-10(9)11;1-3(2)4;/h3-4,7,15H,5-6H2,1-2H3,(H2,12,14);3-4H,1-2H3;/q-1;;. The average molecular weight is 437 g/mol. The molecule has 4 N–H and O–H groups in total. The van der Waals surface area contributed by atoms with Gasteiger partial charge in [-0.15, -0.1) is 6.54 Å². The molecule has 1 rings (SSSR count). The Hall–Kier alpha value is 0.214. The number of aliphatic hydroxyl groups is 1. The molecule has 0 saturated heterocycles. The van der Waals surface area contributed by atoms with Crippen LogP contribution in [0.3, 0.4) is 0 Å². The van der Waals surface area contributed by atoms with Crippen molar-refractivity contribution in [3.05, 3.63) is 22.2 Å². The van der Waals surface area contributed by atoms with E-state index in [9.17, 15) is 0 Å². The van der Waals surface area contributed by atoms with Gasteiger partial charge in [0.15, 0.2) is 0 Å². The van der Waals surface area contributed by atoms with Crippen LogP contribution in [0, 0.1) is 0 Å². The van der Waals surface area contributed by atoms with Crippen LogP contribution < -0.4 is 11.1 Å². The van der Waals surface area contributed by atoms with Gasteiger partial charge in [-0.2, -0.15) is 7.05 Å². The summed E-state index contributed by atoms with van der Waals surface area (Å²) < 4.78 is 5.96. The zero-order valence-electron chi connectivity index (χ0n) is 13.0. The molecule has 0 amide bonds. The summed E-state index contributed by atoms with van der Waals surface area (Å²) in [5.74, 6) is 0. The Kier molecular flexibility index (Phi) is 15.5. The molecule has 0 aliphatic heterocycles. The number of pyridine rings is 1. The van der Waals surface area contributed by atoms with E-state index in [1.165, 1.54) is 0 Å². The van der Waals surface area contributed by atoms with Crippen molar-refractivity contribution in [2.24, 2.45) is 0 Å². The molecule has 0 bridgehead atoms. The smallest absolute Gasteiger partial charge is 0.131 e. The number of anilines is 2. The molecule has 0 spiro atoms. The van der Waals surface area contributed by atoms with E-state index in [4.69, 9.17) is 15.6 Å². The molecule has 0 aliphatic rings. The van der Waals surface area contributed by atoms with Gasteiger partial charge >= 0.3 is 0 Å². The first-order valence-corrected chi connectivity index (χ1v) is 7.11. The third-order valence-electron chi connectivity index (χ3n) is 2.16. The monoisotopic (exact) mass is 436 g/mol. The van der Waals surface area contributed by atoms with Crippen LogP contribution >= 0.6 is 15.9 Å². The van der Waals surface area contributed by atoms with Crippen LogP contribution in [0.4, 0.5) is 11.4 Å². The van der Waals surface area contributed by atoms with Gasteiger partial charge < -0.3 is 26.2 Å². The second-order valence-corrected chi connectivity index (χ2v) is 5.15. The molecule has 1 radical (unpaired) electrons. The molecular weight excluding hydrogens is 413 g/mol. The minimum Gasteiger partial charge on any atom is -0.663 e. The molecule has 0 aliphatic carbocycles. The number of nitrogens with one attached hydrogen (secondary N) is 1. The summed E-state index contributed by atoms with van der Waals surface area (Å²) in [6.45, 7) is 4.74. The Labute approximate surface area is 160 Å². The Morgan fingerprint density at radius 2 is 2.10 bits per heavy atom. The number of aliphatic hydroxyl groups excluding tert-OH is 1. The maximum absolute atomic E-state index is 8.06. The van der Waals surface area contributed by atoms with E-state index in [-0.39, 0.29) is 44.9 Å². The van der Waals surface area contributed by atoms with Crippen molar-refractivity contribution in [3.63, 3.8) is 0 Å². The fraction of sp³-hybridized carbons (Fsp3) is 0.615. The molecule has 8 heteroatoms. The van der Waals surface area contributed by atoms with Gasteiger partial charge in [-0.3, -0.25) is 0 Å². The molecule has 0 fully saturated rings. The van der Waals surface area contributed by atoms with Gasteiger partial charge in [0, 0.05) is 58.7 Å². The topological polar surface area (TPSA) is 94.5 Å². The van der Waals surface area contributed by atoms with Gasteiger partial charge in [0.1, 0.15) is 4.60 Å². The SMILES string of the molecule is CC(C)O.C[N-]CC(CNc1c(N)ccnc1Br)OC.[Y]. The molecule has 1 atom stereocenters. The number of methoxy groups -OCH3 is 1. The molecule has 6 nitrogen and oxygen atoms in total. The van der Waals surface area contributed by atoms with Crippen molar-refractivity contribution in [2.75, 3.05) is 38.3 Å². The van der Waals surface area contributed by atoms with Crippen LogP contribution in [-0.2, 0) is 37.4 Å². The Morgan fingerprint density at radius 1 is 1.52 bits per heavy atom. The van der Waals surface area contributed by atoms with Crippen LogP contribution in [-0.4, -0.2) is 49.5 Å².